The molecule has 2 aromatic rings. The van der Waals surface area contributed by atoms with Crippen LogP contribution in [0.1, 0.15) is 18.9 Å². The summed E-state index contributed by atoms with van der Waals surface area (Å²) < 4.78 is 36.6. The number of nitrogens with one attached hydrogen (secondary N) is 1. The molecule has 0 fully saturated rings. The summed E-state index contributed by atoms with van der Waals surface area (Å²) in [5, 5.41) is 2.78. The van der Waals surface area contributed by atoms with Gasteiger partial charge in [-0.2, -0.15) is 0 Å². The highest BCUT2D eigenvalue weighted by Crippen LogP contribution is 2.30. The first kappa shape index (κ1) is 21.6. The van der Waals surface area contributed by atoms with Gasteiger partial charge in [0, 0.05) is 6.07 Å². The Morgan fingerprint density at radius 2 is 1.86 bits per heavy atom. The highest BCUT2D eigenvalue weighted by atomic mass is 32.2. The third kappa shape index (κ3) is 4.95. The van der Waals surface area contributed by atoms with Gasteiger partial charge in [-0.15, -0.1) is 0 Å². The van der Waals surface area contributed by atoms with E-state index in [1.807, 2.05) is 13.0 Å². The van der Waals surface area contributed by atoms with Gasteiger partial charge >= 0.3 is 0 Å². The average molecular weight is 407 g/mol. The van der Waals surface area contributed by atoms with Crippen molar-refractivity contribution in [1.82, 2.24) is 0 Å². The third-order valence-corrected chi connectivity index (χ3v) is 5.43. The summed E-state index contributed by atoms with van der Waals surface area (Å²) in [4.78, 5) is 13.0. The zero-order valence-corrected chi connectivity index (χ0v) is 17.5. The van der Waals surface area contributed by atoms with Crippen LogP contribution in [-0.4, -0.2) is 40.8 Å². The first-order chi connectivity index (χ1) is 13.2. The SMILES string of the molecule is CCC(C(=O)Nc1ccc(OC)cc1OC)N(c1cccc(C)c1)S(C)(=O)=O. The number of aryl methyl sites for hydroxylation is 1. The van der Waals surface area contributed by atoms with Gasteiger partial charge in [-0.05, 0) is 43.2 Å². The summed E-state index contributed by atoms with van der Waals surface area (Å²) in [5.41, 5.74) is 1.79. The molecular weight excluding hydrogens is 380 g/mol. The van der Waals surface area contributed by atoms with Crippen molar-refractivity contribution in [3.8, 4) is 11.5 Å². The van der Waals surface area contributed by atoms with E-state index in [4.69, 9.17) is 9.47 Å². The minimum absolute atomic E-state index is 0.297. The van der Waals surface area contributed by atoms with Crippen LogP contribution >= 0.6 is 0 Å². The van der Waals surface area contributed by atoms with Gasteiger partial charge in [-0.3, -0.25) is 9.10 Å². The number of methoxy groups -OCH3 is 2. The second-order valence-corrected chi connectivity index (χ2v) is 8.24. The summed E-state index contributed by atoms with van der Waals surface area (Å²) >= 11 is 0. The van der Waals surface area contributed by atoms with Gasteiger partial charge in [-0.1, -0.05) is 19.1 Å². The van der Waals surface area contributed by atoms with Crippen LogP contribution in [0.25, 0.3) is 0 Å². The van der Waals surface area contributed by atoms with Crippen LogP contribution in [0.3, 0.4) is 0 Å². The van der Waals surface area contributed by atoms with Crippen molar-refractivity contribution in [3.05, 3.63) is 48.0 Å². The van der Waals surface area contributed by atoms with E-state index in [0.717, 1.165) is 16.1 Å². The maximum Gasteiger partial charge on any atom is 0.248 e. The second kappa shape index (κ2) is 8.97. The summed E-state index contributed by atoms with van der Waals surface area (Å²) in [5.74, 6) is 0.557. The van der Waals surface area contributed by atoms with Gasteiger partial charge in [0.2, 0.25) is 15.9 Å². The average Bonchev–Trinajstić information content (AvgIpc) is 2.65. The molecule has 0 aromatic heterocycles. The fraction of sp³-hybridized carbons (Fsp3) is 0.350. The van der Waals surface area contributed by atoms with Crippen LogP contribution in [-0.2, 0) is 14.8 Å². The van der Waals surface area contributed by atoms with Crippen LogP contribution in [0.2, 0.25) is 0 Å². The predicted octanol–water partition coefficient (Wildman–Crippen LogP) is 3.20. The predicted molar refractivity (Wildman–Crippen MR) is 111 cm³/mol. The molecule has 0 spiro atoms. The first-order valence-electron chi connectivity index (χ1n) is 8.80. The van der Waals surface area contributed by atoms with Gasteiger partial charge in [-0.25, -0.2) is 8.42 Å². The van der Waals surface area contributed by atoms with Crippen molar-refractivity contribution in [2.24, 2.45) is 0 Å². The molecule has 0 saturated carbocycles. The second-order valence-electron chi connectivity index (χ2n) is 6.38. The maximum absolute atomic E-state index is 13.0. The molecule has 1 N–H and O–H groups in total. The Hall–Kier alpha value is -2.74. The van der Waals surface area contributed by atoms with E-state index in [1.165, 1.54) is 14.2 Å². The van der Waals surface area contributed by atoms with Gasteiger partial charge in [0.15, 0.2) is 0 Å². The summed E-state index contributed by atoms with van der Waals surface area (Å²) in [7, 11) is -0.671. The Kier molecular flexibility index (Phi) is 6.90. The Labute approximate surface area is 166 Å². The van der Waals surface area contributed by atoms with E-state index in [9.17, 15) is 13.2 Å². The first-order valence-corrected chi connectivity index (χ1v) is 10.6. The number of anilines is 2. The summed E-state index contributed by atoms with van der Waals surface area (Å²) in [6.07, 6.45) is 1.39. The largest absolute Gasteiger partial charge is 0.497 e. The smallest absolute Gasteiger partial charge is 0.248 e. The van der Waals surface area contributed by atoms with Crippen LogP contribution in [0, 0.1) is 6.92 Å². The van der Waals surface area contributed by atoms with Gasteiger partial charge < -0.3 is 14.8 Å². The molecule has 0 saturated heterocycles. The van der Waals surface area contributed by atoms with Crippen molar-refractivity contribution in [2.75, 3.05) is 30.1 Å². The standard InChI is InChI=1S/C20H26N2O5S/c1-6-18(22(28(5,24)25)15-9-7-8-14(2)12-15)20(23)21-17-11-10-16(26-3)13-19(17)27-4/h7-13,18H,6H2,1-5H3,(H,21,23). The number of carbonyl (C=O) groups is 1. The Bertz CT molecular complexity index is 943. The van der Waals surface area contributed by atoms with Crippen molar-refractivity contribution < 1.29 is 22.7 Å². The molecule has 0 bridgehead atoms. The van der Waals surface area contributed by atoms with Crippen LogP contribution in [0.5, 0.6) is 11.5 Å². The molecule has 1 amide bonds. The van der Waals surface area contributed by atoms with Crippen molar-refractivity contribution in [2.45, 2.75) is 26.3 Å². The maximum atomic E-state index is 13.0. The van der Waals surface area contributed by atoms with Gasteiger partial charge in [0.1, 0.15) is 17.5 Å². The minimum atomic E-state index is -3.69. The fourth-order valence-electron chi connectivity index (χ4n) is 2.94. The Balaban J connectivity index is 2.40. The minimum Gasteiger partial charge on any atom is -0.497 e. The van der Waals surface area contributed by atoms with E-state index in [0.29, 0.717) is 29.3 Å². The van der Waals surface area contributed by atoms with Crippen LogP contribution in [0.15, 0.2) is 42.5 Å². The molecule has 0 aliphatic heterocycles. The number of carbonyl (C=O) groups excluding carboxylic acids is 1. The molecule has 152 valence electrons. The molecule has 7 nitrogen and oxygen atoms in total. The molecule has 1 atom stereocenters. The molecule has 0 aliphatic rings. The molecular formula is C20H26N2O5S. The zero-order chi connectivity index (χ0) is 20.9. The number of amides is 1. The molecule has 8 heteroatoms. The Morgan fingerprint density at radius 1 is 1.14 bits per heavy atom. The monoisotopic (exact) mass is 406 g/mol. The lowest BCUT2D eigenvalue weighted by Crippen LogP contribution is -2.47. The zero-order valence-electron chi connectivity index (χ0n) is 16.7. The number of benzene rings is 2. The lowest BCUT2D eigenvalue weighted by atomic mass is 10.1. The topological polar surface area (TPSA) is 84.9 Å². The van der Waals surface area contributed by atoms with Crippen molar-refractivity contribution in [1.29, 1.82) is 0 Å². The Morgan fingerprint density at radius 3 is 2.39 bits per heavy atom. The normalized spacial score (nSPS) is 12.2. The van der Waals surface area contributed by atoms with Crippen LogP contribution in [0.4, 0.5) is 11.4 Å². The van der Waals surface area contributed by atoms with Crippen molar-refractivity contribution in [3.63, 3.8) is 0 Å². The molecule has 2 aromatic carbocycles. The number of sulfonamides is 1. The van der Waals surface area contributed by atoms with E-state index < -0.39 is 22.0 Å². The summed E-state index contributed by atoms with van der Waals surface area (Å²) in [6.45, 7) is 3.64. The molecule has 28 heavy (non-hydrogen) atoms. The van der Waals surface area contributed by atoms with E-state index in [1.54, 1.807) is 43.3 Å². The van der Waals surface area contributed by atoms with Crippen LogP contribution < -0.4 is 19.1 Å². The lowest BCUT2D eigenvalue weighted by Gasteiger charge is -2.30. The number of hydrogen-bond donors (Lipinski definition) is 1. The van der Waals surface area contributed by atoms with Gasteiger partial charge in [0.25, 0.3) is 0 Å². The molecule has 0 heterocycles. The van der Waals surface area contributed by atoms with E-state index in [2.05, 4.69) is 5.32 Å². The highest BCUT2D eigenvalue weighted by Gasteiger charge is 2.32. The van der Waals surface area contributed by atoms with E-state index >= 15 is 0 Å². The number of hydrogen-bond acceptors (Lipinski definition) is 5. The quantitative estimate of drug-likeness (QED) is 0.728. The lowest BCUT2D eigenvalue weighted by molar-refractivity contribution is -0.117. The molecule has 1 unspecified atom stereocenters. The summed E-state index contributed by atoms with van der Waals surface area (Å²) in [6, 6.07) is 11.1. The third-order valence-electron chi connectivity index (χ3n) is 4.25. The van der Waals surface area contributed by atoms with Gasteiger partial charge in [0.05, 0.1) is 31.9 Å². The number of ether oxygens (including phenoxy) is 2. The number of rotatable bonds is 8. The molecule has 0 aliphatic carbocycles. The molecule has 0 radical (unpaired) electrons. The number of nitrogens with zero attached hydrogens (tertiary/aromatic N) is 1. The molecule has 2 rings (SSSR count). The van der Waals surface area contributed by atoms with Crippen molar-refractivity contribution >= 4 is 27.3 Å². The van der Waals surface area contributed by atoms with E-state index in [-0.39, 0.29) is 0 Å². The highest BCUT2D eigenvalue weighted by molar-refractivity contribution is 7.92. The fourth-order valence-corrected chi connectivity index (χ4v) is 4.15.